The zero-order valence-corrected chi connectivity index (χ0v) is 36.1. The molecule has 65 heavy (non-hydrogen) atoms. The molecule has 1 aliphatic rings. The van der Waals surface area contributed by atoms with Crippen LogP contribution in [-0.4, -0.2) is 122 Å². The number of nitrogens with one attached hydrogen (secondary N) is 4. The van der Waals surface area contributed by atoms with Crippen LogP contribution >= 0.6 is 0 Å². The summed E-state index contributed by atoms with van der Waals surface area (Å²) in [4.78, 5) is 115. The molecule has 4 rings (SSSR count). The largest absolute Gasteiger partial charge is 0.481 e. The Morgan fingerprint density at radius 3 is 2.08 bits per heavy atom. The summed E-state index contributed by atoms with van der Waals surface area (Å²) in [6, 6.07) is 8.31. The van der Waals surface area contributed by atoms with Crippen molar-refractivity contribution < 1.29 is 62.1 Å². The maximum atomic E-state index is 15.1. The molecule has 1 aromatic heterocycles. The van der Waals surface area contributed by atoms with Gasteiger partial charge in [-0.3, -0.25) is 48.1 Å². The minimum absolute atomic E-state index is 0.00786. The van der Waals surface area contributed by atoms with E-state index in [0.29, 0.717) is 16.2 Å². The number of hydrogen-bond acceptors (Lipinski definition) is 10. The minimum atomic E-state index is -1.83. The van der Waals surface area contributed by atoms with Gasteiger partial charge in [0.15, 0.2) is 0 Å². The maximum Gasteiger partial charge on any atom is 0.305 e. The second-order valence-corrected chi connectivity index (χ2v) is 16.3. The van der Waals surface area contributed by atoms with Crippen molar-refractivity contribution in [2.45, 2.75) is 77.7 Å². The van der Waals surface area contributed by atoms with Crippen molar-refractivity contribution in [1.29, 1.82) is 0 Å². The Hall–Kier alpha value is -7.29. The number of primary amides is 1. The quantitative estimate of drug-likeness (QED) is 0.0543. The predicted octanol–water partition coefficient (Wildman–Crippen LogP) is 0.645. The Morgan fingerprint density at radius 2 is 1.48 bits per heavy atom. The summed E-state index contributed by atoms with van der Waals surface area (Å²) in [5.41, 5.74) is 6.34. The number of carbonyl (C=O) groups is 9. The molecule has 1 aliphatic heterocycles. The van der Waals surface area contributed by atoms with Crippen LogP contribution in [0.25, 0.3) is 11.1 Å². The molecule has 2 aromatic carbocycles. The molecule has 0 saturated carbocycles. The number of imide groups is 1. The third-order valence-electron chi connectivity index (χ3n) is 10.1. The molecule has 0 spiro atoms. The number of halogens is 2. The van der Waals surface area contributed by atoms with Gasteiger partial charge < -0.3 is 46.7 Å². The van der Waals surface area contributed by atoms with Crippen molar-refractivity contribution in [1.82, 2.24) is 35.6 Å². The molecule has 2 heterocycles. The number of nitrogens with two attached hydrogens (primary N) is 1. The molecular formula is C44H52F2N8O11. The van der Waals surface area contributed by atoms with Gasteiger partial charge in [0.25, 0.3) is 11.8 Å². The number of aliphatic hydroxyl groups is 1. The first-order valence-corrected chi connectivity index (χ1v) is 20.4. The number of hydrogen-bond donors (Lipinski definition) is 7. The predicted molar refractivity (Wildman–Crippen MR) is 227 cm³/mol. The summed E-state index contributed by atoms with van der Waals surface area (Å²) in [5.74, 6) is -10.2. The highest BCUT2D eigenvalue weighted by Crippen LogP contribution is 2.41. The monoisotopic (exact) mass is 906 g/mol. The van der Waals surface area contributed by atoms with Crippen molar-refractivity contribution in [3.8, 4) is 11.1 Å². The fraction of sp³-hybridized carbons (Fsp3) is 0.386. The van der Waals surface area contributed by atoms with Crippen LogP contribution in [0.4, 0.5) is 8.78 Å². The Morgan fingerprint density at radius 1 is 0.846 bits per heavy atom. The van der Waals surface area contributed by atoms with E-state index in [1.165, 1.54) is 11.8 Å². The van der Waals surface area contributed by atoms with Gasteiger partial charge in [0.05, 0.1) is 18.9 Å². The standard InChI is InChI=1S/C44H52F2N8O11/c1-25(49-35(57)23-54-36(58)13-14-37(54)59)41(63)50-32(20-39(61)62)43(65)51-31(19-34(47)56)42(64)48-15-8-16-53(38(60)24-55)40(44(2,3)4)33-17-27(29-18-28(45)11-12-30(29)46)22-52(33)21-26-9-6-5-7-10-26/h5-7,9-14,17-18,22,25,31-32,40,55H,8,15-16,19-21,23-24H2,1-4H3,(H2,47,56)(H,48,64)(H,49,57)(H,50,63)(H,51,65)(H,61,62)/t25-,31-,32+,40-/m0/s1. The SMILES string of the molecule is C[C@H](NC(=O)CN1C(=O)C=CC1=O)C(=O)N[C@H](CC(=O)O)C(=O)N[C@@H](CC(N)=O)C(=O)NCCCN(C(=O)CO)[C@@H](c1cc(-c2cc(F)ccc2F)cn1Cc1ccccc1)C(C)(C)C. The van der Waals surface area contributed by atoms with Crippen molar-refractivity contribution >= 4 is 53.2 Å². The van der Waals surface area contributed by atoms with Gasteiger partial charge in [0.2, 0.25) is 35.4 Å². The van der Waals surface area contributed by atoms with E-state index in [1.54, 1.807) is 12.3 Å². The van der Waals surface area contributed by atoms with Crippen LogP contribution in [0, 0.1) is 17.0 Å². The number of nitrogens with zero attached hydrogens (tertiary/aromatic N) is 3. The average Bonchev–Trinajstić information content (AvgIpc) is 3.78. The lowest BCUT2D eigenvalue weighted by atomic mass is 9.83. The topological polar surface area (TPSA) is 280 Å². The van der Waals surface area contributed by atoms with Gasteiger partial charge in [-0.2, -0.15) is 0 Å². The van der Waals surface area contributed by atoms with Crippen LogP contribution in [0.15, 0.2) is 72.9 Å². The molecule has 3 aromatic rings. The lowest BCUT2D eigenvalue weighted by Crippen LogP contribution is -2.57. The van der Waals surface area contributed by atoms with E-state index < -0.39 is 120 Å². The van der Waals surface area contributed by atoms with Gasteiger partial charge in [-0.25, -0.2) is 8.78 Å². The number of amides is 8. The number of aliphatic carboxylic acids is 1. The molecule has 0 bridgehead atoms. The lowest BCUT2D eigenvalue weighted by Gasteiger charge is -2.41. The molecule has 0 aliphatic carbocycles. The summed E-state index contributed by atoms with van der Waals surface area (Å²) in [5, 5.41) is 28.8. The molecular weight excluding hydrogens is 855 g/mol. The van der Waals surface area contributed by atoms with E-state index in [9.17, 15) is 57.8 Å². The van der Waals surface area contributed by atoms with Crippen molar-refractivity contribution in [2.75, 3.05) is 26.2 Å². The number of benzene rings is 2. The van der Waals surface area contributed by atoms with Gasteiger partial charge in [-0.1, -0.05) is 51.1 Å². The van der Waals surface area contributed by atoms with E-state index in [4.69, 9.17) is 5.73 Å². The molecule has 0 fully saturated rings. The number of aliphatic hydroxyl groups excluding tert-OH is 1. The average molecular weight is 907 g/mol. The summed E-state index contributed by atoms with van der Waals surface area (Å²) < 4.78 is 31.3. The highest BCUT2D eigenvalue weighted by Gasteiger charge is 2.37. The molecule has 8 amide bonds. The molecule has 0 unspecified atom stereocenters. The summed E-state index contributed by atoms with van der Waals surface area (Å²) >= 11 is 0. The summed E-state index contributed by atoms with van der Waals surface area (Å²) in [6.45, 7) is 5.17. The molecule has 19 nitrogen and oxygen atoms in total. The van der Waals surface area contributed by atoms with Crippen molar-refractivity contribution in [3.05, 3.63) is 95.8 Å². The van der Waals surface area contributed by atoms with Crippen molar-refractivity contribution in [2.24, 2.45) is 11.1 Å². The van der Waals surface area contributed by atoms with Gasteiger partial charge >= 0.3 is 5.97 Å². The Kier molecular flexibility index (Phi) is 17.3. The van der Waals surface area contributed by atoms with E-state index in [2.05, 4.69) is 21.3 Å². The van der Waals surface area contributed by atoms with Crippen LogP contribution in [0.5, 0.6) is 0 Å². The number of carboxylic acids is 1. The Bertz CT molecular complexity index is 2310. The highest BCUT2D eigenvalue weighted by molar-refractivity contribution is 6.14. The number of carboxylic acid groups (broad SMARTS) is 1. The number of carbonyl (C=O) groups excluding carboxylic acids is 8. The van der Waals surface area contributed by atoms with Crippen LogP contribution in [0.3, 0.4) is 0 Å². The highest BCUT2D eigenvalue weighted by atomic mass is 19.1. The van der Waals surface area contributed by atoms with Crippen LogP contribution in [0.1, 0.15) is 64.3 Å². The first-order valence-electron chi connectivity index (χ1n) is 20.4. The third kappa shape index (κ3) is 14.1. The normalized spacial score (nSPS) is 14.2. The second-order valence-electron chi connectivity index (χ2n) is 16.3. The molecule has 348 valence electrons. The second kappa shape index (κ2) is 22.4. The molecule has 0 radical (unpaired) electrons. The van der Waals surface area contributed by atoms with Crippen molar-refractivity contribution in [3.63, 3.8) is 0 Å². The maximum absolute atomic E-state index is 15.1. The fourth-order valence-electron chi connectivity index (χ4n) is 7.13. The fourth-order valence-corrected chi connectivity index (χ4v) is 7.13. The molecule has 8 N–H and O–H groups in total. The van der Waals surface area contributed by atoms with E-state index in [-0.39, 0.29) is 31.6 Å². The molecule has 21 heteroatoms. The van der Waals surface area contributed by atoms with Crippen LogP contribution in [0.2, 0.25) is 0 Å². The van der Waals surface area contributed by atoms with Crippen LogP contribution in [-0.2, 0) is 49.7 Å². The molecule has 4 atom stereocenters. The Labute approximate surface area is 372 Å². The minimum Gasteiger partial charge on any atom is -0.481 e. The number of rotatable bonds is 22. The zero-order valence-electron chi connectivity index (χ0n) is 36.1. The Balaban J connectivity index is 1.49. The molecule has 0 saturated heterocycles. The van der Waals surface area contributed by atoms with Gasteiger partial charge in [-0.15, -0.1) is 0 Å². The zero-order chi connectivity index (χ0) is 48.2. The van der Waals surface area contributed by atoms with Gasteiger partial charge in [-0.05, 0) is 48.6 Å². The smallest absolute Gasteiger partial charge is 0.305 e. The van der Waals surface area contributed by atoms with Gasteiger partial charge in [0, 0.05) is 54.8 Å². The van der Waals surface area contributed by atoms with E-state index >= 15 is 4.39 Å². The first kappa shape index (κ1) is 50.4. The van der Waals surface area contributed by atoms with E-state index in [0.717, 1.165) is 35.9 Å². The third-order valence-corrected chi connectivity index (χ3v) is 10.1. The number of aromatic nitrogens is 1. The van der Waals surface area contributed by atoms with Crippen LogP contribution < -0.4 is 27.0 Å². The van der Waals surface area contributed by atoms with Gasteiger partial charge in [0.1, 0.15) is 42.9 Å². The lowest BCUT2D eigenvalue weighted by molar-refractivity contribution is -0.142. The van der Waals surface area contributed by atoms with E-state index in [1.807, 2.05) is 55.7 Å². The summed E-state index contributed by atoms with van der Waals surface area (Å²) in [7, 11) is 0. The summed E-state index contributed by atoms with van der Waals surface area (Å²) in [6.07, 6.45) is 1.86. The first-order chi connectivity index (χ1) is 30.6.